The SMILES string of the molecule is CN(Cc1ncn[nH]1)C(=O)N(CC(=O)O)CC(=O)O. The predicted molar refractivity (Wildman–Crippen MR) is 60.1 cm³/mol. The molecule has 1 rings (SSSR count). The smallest absolute Gasteiger partial charge is 0.323 e. The van der Waals surface area contributed by atoms with Crippen LogP contribution >= 0.6 is 0 Å². The van der Waals surface area contributed by atoms with E-state index in [9.17, 15) is 14.4 Å². The molecule has 0 saturated heterocycles. The predicted octanol–water partition coefficient (Wildman–Crippen LogP) is -1.17. The molecule has 0 aliphatic rings. The fourth-order valence-electron chi connectivity index (χ4n) is 1.36. The van der Waals surface area contributed by atoms with Crippen LogP contribution in [0.5, 0.6) is 0 Å². The normalized spacial score (nSPS) is 9.95. The highest BCUT2D eigenvalue weighted by Gasteiger charge is 2.23. The van der Waals surface area contributed by atoms with E-state index in [1.165, 1.54) is 13.4 Å². The molecule has 0 unspecified atom stereocenters. The quantitative estimate of drug-likeness (QED) is 0.592. The number of H-pyrrole nitrogens is 1. The van der Waals surface area contributed by atoms with Crippen LogP contribution in [0.3, 0.4) is 0 Å². The molecule has 104 valence electrons. The summed E-state index contributed by atoms with van der Waals surface area (Å²) in [7, 11) is 1.40. The van der Waals surface area contributed by atoms with Crippen LogP contribution in [-0.4, -0.2) is 73.3 Å². The Bertz CT molecular complexity index is 444. The van der Waals surface area contributed by atoms with Gasteiger partial charge >= 0.3 is 18.0 Å². The Morgan fingerprint density at radius 3 is 2.26 bits per heavy atom. The molecule has 0 aliphatic heterocycles. The van der Waals surface area contributed by atoms with Gasteiger partial charge in [0.05, 0.1) is 6.54 Å². The molecule has 0 aliphatic carbocycles. The second-order valence-corrected chi connectivity index (χ2v) is 3.71. The van der Waals surface area contributed by atoms with Gasteiger partial charge in [-0.3, -0.25) is 14.7 Å². The van der Waals surface area contributed by atoms with E-state index in [1.54, 1.807) is 0 Å². The van der Waals surface area contributed by atoms with Crippen LogP contribution in [0.2, 0.25) is 0 Å². The van der Waals surface area contributed by atoms with Crippen LogP contribution in [0.1, 0.15) is 5.82 Å². The first kappa shape index (κ1) is 14.4. The van der Waals surface area contributed by atoms with Crippen LogP contribution in [0.25, 0.3) is 0 Å². The van der Waals surface area contributed by atoms with Crippen molar-refractivity contribution in [2.45, 2.75) is 6.54 Å². The van der Waals surface area contributed by atoms with E-state index in [0.29, 0.717) is 10.7 Å². The van der Waals surface area contributed by atoms with Crippen molar-refractivity contribution in [3.05, 3.63) is 12.2 Å². The van der Waals surface area contributed by atoms with Crippen molar-refractivity contribution in [1.29, 1.82) is 0 Å². The molecule has 0 bridgehead atoms. The molecule has 0 aromatic carbocycles. The minimum atomic E-state index is -1.29. The van der Waals surface area contributed by atoms with Gasteiger partial charge in [0.2, 0.25) is 0 Å². The molecule has 0 atom stereocenters. The van der Waals surface area contributed by atoms with Crippen molar-refractivity contribution in [3.63, 3.8) is 0 Å². The van der Waals surface area contributed by atoms with Gasteiger partial charge in [0, 0.05) is 7.05 Å². The van der Waals surface area contributed by atoms with E-state index in [4.69, 9.17) is 10.2 Å². The minimum absolute atomic E-state index is 0.0641. The standard InChI is InChI=1S/C9H13N5O5/c1-13(2-6-10-5-11-12-6)9(19)14(3-7(15)16)4-8(17)18/h5H,2-4H2,1H3,(H,15,16)(H,17,18)(H,10,11,12). The number of carboxylic acid groups (broad SMARTS) is 2. The Labute approximate surface area is 107 Å². The summed E-state index contributed by atoms with van der Waals surface area (Å²) < 4.78 is 0. The largest absolute Gasteiger partial charge is 0.480 e. The van der Waals surface area contributed by atoms with Crippen molar-refractivity contribution in [2.24, 2.45) is 0 Å². The number of nitrogens with zero attached hydrogens (tertiary/aromatic N) is 4. The summed E-state index contributed by atoms with van der Waals surface area (Å²) in [6, 6.07) is -0.721. The number of rotatable bonds is 6. The monoisotopic (exact) mass is 271 g/mol. The van der Waals surface area contributed by atoms with Gasteiger partial charge in [-0.25, -0.2) is 9.78 Å². The van der Waals surface area contributed by atoms with Crippen LogP contribution in [0.4, 0.5) is 4.79 Å². The zero-order valence-electron chi connectivity index (χ0n) is 10.1. The molecule has 3 N–H and O–H groups in total. The summed E-state index contributed by atoms with van der Waals surface area (Å²) in [5.41, 5.74) is 0. The Morgan fingerprint density at radius 2 is 1.84 bits per heavy atom. The number of hydrogen-bond donors (Lipinski definition) is 3. The van der Waals surface area contributed by atoms with E-state index in [2.05, 4.69) is 15.2 Å². The maximum atomic E-state index is 11.9. The number of hydrogen-bond acceptors (Lipinski definition) is 5. The zero-order valence-corrected chi connectivity index (χ0v) is 10.1. The maximum Gasteiger partial charge on any atom is 0.323 e. The summed E-state index contributed by atoms with van der Waals surface area (Å²) >= 11 is 0. The van der Waals surface area contributed by atoms with E-state index in [1.807, 2.05) is 0 Å². The van der Waals surface area contributed by atoms with Gasteiger partial charge in [-0.1, -0.05) is 0 Å². The maximum absolute atomic E-state index is 11.9. The summed E-state index contributed by atoms with van der Waals surface area (Å²) in [6.07, 6.45) is 1.26. The van der Waals surface area contributed by atoms with E-state index in [0.717, 1.165) is 4.90 Å². The van der Waals surface area contributed by atoms with E-state index >= 15 is 0 Å². The van der Waals surface area contributed by atoms with Crippen molar-refractivity contribution in [3.8, 4) is 0 Å². The molecule has 19 heavy (non-hydrogen) atoms. The van der Waals surface area contributed by atoms with Crippen LogP contribution in [-0.2, 0) is 16.1 Å². The van der Waals surface area contributed by atoms with Crippen LogP contribution < -0.4 is 0 Å². The van der Waals surface area contributed by atoms with Gasteiger partial charge < -0.3 is 20.0 Å². The molecular weight excluding hydrogens is 258 g/mol. The molecule has 0 fully saturated rings. The highest BCUT2D eigenvalue weighted by molar-refractivity contribution is 5.83. The third-order valence-electron chi connectivity index (χ3n) is 2.10. The first-order chi connectivity index (χ1) is 8.90. The molecule has 10 heteroatoms. The highest BCUT2D eigenvalue weighted by Crippen LogP contribution is 2.01. The van der Waals surface area contributed by atoms with Gasteiger partial charge in [-0.15, -0.1) is 0 Å². The number of aliphatic carboxylic acids is 2. The van der Waals surface area contributed by atoms with Gasteiger partial charge in [-0.05, 0) is 0 Å². The van der Waals surface area contributed by atoms with Crippen molar-refractivity contribution in [1.82, 2.24) is 25.0 Å². The van der Waals surface area contributed by atoms with E-state index in [-0.39, 0.29) is 6.54 Å². The van der Waals surface area contributed by atoms with Crippen molar-refractivity contribution in [2.75, 3.05) is 20.1 Å². The second-order valence-electron chi connectivity index (χ2n) is 3.71. The Kier molecular flexibility index (Phi) is 4.80. The Morgan fingerprint density at radius 1 is 1.26 bits per heavy atom. The molecular formula is C9H13N5O5. The fourth-order valence-corrected chi connectivity index (χ4v) is 1.36. The summed E-state index contributed by atoms with van der Waals surface area (Å²) in [6.45, 7) is -1.31. The number of aromatic amines is 1. The molecule has 0 radical (unpaired) electrons. The number of carbonyl (C=O) groups is 3. The molecule has 0 spiro atoms. The minimum Gasteiger partial charge on any atom is -0.480 e. The third-order valence-corrected chi connectivity index (χ3v) is 2.10. The molecule has 1 heterocycles. The Balaban J connectivity index is 2.68. The first-order valence-corrected chi connectivity index (χ1v) is 5.18. The van der Waals surface area contributed by atoms with Gasteiger partial charge in [0.1, 0.15) is 25.2 Å². The van der Waals surface area contributed by atoms with E-state index < -0.39 is 31.1 Å². The van der Waals surface area contributed by atoms with Crippen molar-refractivity contribution < 1.29 is 24.6 Å². The van der Waals surface area contributed by atoms with Gasteiger partial charge in [0.15, 0.2) is 0 Å². The number of nitrogens with one attached hydrogen (secondary N) is 1. The lowest BCUT2D eigenvalue weighted by Crippen LogP contribution is -2.45. The topological polar surface area (TPSA) is 140 Å². The fraction of sp³-hybridized carbons (Fsp3) is 0.444. The highest BCUT2D eigenvalue weighted by atomic mass is 16.4. The van der Waals surface area contributed by atoms with Crippen LogP contribution in [0, 0.1) is 0 Å². The molecule has 1 aromatic heterocycles. The molecule has 0 saturated carbocycles. The average molecular weight is 271 g/mol. The van der Waals surface area contributed by atoms with Crippen LogP contribution in [0.15, 0.2) is 6.33 Å². The summed E-state index contributed by atoms with van der Waals surface area (Å²) in [4.78, 5) is 38.8. The lowest BCUT2D eigenvalue weighted by molar-refractivity contribution is -0.140. The van der Waals surface area contributed by atoms with Crippen molar-refractivity contribution >= 4 is 18.0 Å². The average Bonchev–Trinajstić information content (AvgIpc) is 2.78. The summed E-state index contributed by atoms with van der Waals surface area (Å²) in [5.74, 6) is -2.17. The number of aromatic nitrogens is 3. The molecule has 10 nitrogen and oxygen atoms in total. The number of carbonyl (C=O) groups excluding carboxylic acids is 1. The number of carboxylic acids is 2. The Hall–Kier alpha value is -2.65. The summed E-state index contributed by atoms with van der Waals surface area (Å²) in [5, 5.41) is 23.4. The first-order valence-electron chi connectivity index (χ1n) is 5.18. The second kappa shape index (κ2) is 6.33. The lowest BCUT2D eigenvalue weighted by Gasteiger charge is -2.24. The number of urea groups is 1. The van der Waals surface area contributed by atoms with Gasteiger partial charge in [0.25, 0.3) is 0 Å². The number of amides is 2. The molecule has 2 amide bonds. The zero-order chi connectivity index (χ0) is 14.4. The van der Waals surface area contributed by atoms with Gasteiger partial charge in [-0.2, -0.15) is 5.10 Å². The molecule has 1 aromatic rings. The third kappa shape index (κ3) is 4.61. The lowest BCUT2D eigenvalue weighted by atomic mass is 10.4.